The second-order valence-electron chi connectivity index (χ2n) is 6.41. The maximum atomic E-state index is 11.5. The molecule has 17 heavy (non-hydrogen) atoms. The Morgan fingerprint density at radius 3 is 2.18 bits per heavy atom. The number of hydrogen-bond donors (Lipinski definition) is 2. The van der Waals surface area contributed by atoms with Gasteiger partial charge in [-0.3, -0.25) is 4.79 Å². The summed E-state index contributed by atoms with van der Waals surface area (Å²) in [5.74, 6) is 0.367. The molecule has 0 aliphatic heterocycles. The van der Waals surface area contributed by atoms with Gasteiger partial charge in [-0.1, -0.05) is 27.4 Å². The van der Waals surface area contributed by atoms with Crippen molar-refractivity contribution in [2.24, 2.45) is 11.3 Å². The van der Waals surface area contributed by atoms with E-state index < -0.39 is 5.72 Å². The SMILES string of the molecule is C=C(C)C(=O)NC1(O)CCC(C(C)(C)C)CC1. The van der Waals surface area contributed by atoms with Crippen LogP contribution in [0.5, 0.6) is 0 Å². The summed E-state index contributed by atoms with van der Waals surface area (Å²) >= 11 is 0. The van der Waals surface area contributed by atoms with Gasteiger partial charge in [0.25, 0.3) is 0 Å². The molecule has 1 rings (SSSR count). The van der Waals surface area contributed by atoms with Gasteiger partial charge in [-0.15, -0.1) is 0 Å². The van der Waals surface area contributed by atoms with Crippen molar-refractivity contribution in [1.29, 1.82) is 0 Å². The maximum Gasteiger partial charge on any atom is 0.248 e. The lowest BCUT2D eigenvalue weighted by molar-refractivity contribution is -0.128. The molecule has 1 aliphatic rings. The molecule has 98 valence electrons. The third kappa shape index (κ3) is 3.84. The molecule has 1 saturated carbocycles. The van der Waals surface area contributed by atoms with Gasteiger partial charge in [0.1, 0.15) is 5.72 Å². The van der Waals surface area contributed by atoms with E-state index >= 15 is 0 Å². The molecule has 3 nitrogen and oxygen atoms in total. The van der Waals surface area contributed by atoms with Crippen molar-refractivity contribution in [2.75, 3.05) is 0 Å². The highest BCUT2D eigenvalue weighted by Crippen LogP contribution is 2.40. The molecular formula is C14H25NO2. The topological polar surface area (TPSA) is 49.3 Å². The summed E-state index contributed by atoms with van der Waals surface area (Å²) in [4.78, 5) is 11.5. The summed E-state index contributed by atoms with van der Waals surface area (Å²) in [6.07, 6.45) is 3.18. The first kappa shape index (κ1) is 14.2. The fraction of sp³-hybridized carbons (Fsp3) is 0.786. The first-order valence-electron chi connectivity index (χ1n) is 6.34. The molecule has 0 unspecified atom stereocenters. The van der Waals surface area contributed by atoms with Gasteiger partial charge in [-0.05, 0) is 43.9 Å². The average Bonchev–Trinajstić information content (AvgIpc) is 2.15. The van der Waals surface area contributed by atoms with E-state index in [1.165, 1.54) is 0 Å². The van der Waals surface area contributed by atoms with Gasteiger partial charge >= 0.3 is 0 Å². The average molecular weight is 239 g/mol. The van der Waals surface area contributed by atoms with Crippen LogP contribution in [-0.4, -0.2) is 16.7 Å². The van der Waals surface area contributed by atoms with Crippen LogP contribution in [-0.2, 0) is 4.79 Å². The van der Waals surface area contributed by atoms with Crippen LogP contribution in [0.3, 0.4) is 0 Å². The number of carbonyl (C=O) groups is 1. The molecule has 1 aliphatic carbocycles. The molecule has 0 bridgehead atoms. The molecular weight excluding hydrogens is 214 g/mol. The van der Waals surface area contributed by atoms with E-state index in [0.717, 1.165) is 12.8 Å². The molecule has 0 saturated heterocycles. The first-order chi connectivity index (χ1) is 7.64. The summed E-state index contributed by atoms with van der Waals surface area (Å²) < 4.78 is 0. The third-order valence-corrected chi connectivity index (χ3v) is 3.77. The van der Waals surface area contributed by atoms with Crippen molar-refractivity contribution >= 4 is 5.91 Å². The Morgan fingerprint density at radius 2 is 1.82 bits per heavy atom. The summed E-state index contributed by atoms with van der Waals surface area (Å²) in [6.45, 7) is 11.9. The van der Waals surface area contributed by atoms with Gasteiger partial charge in [0.2, 0.25) is 5.91 Å². The quantitative estimate of drug-likeness (QED) is 0.575. The largest absolute Gasteiger partial charge is 0.371 e. The zero-order chi connectivity index (χ0) is 13.3. The summed E-state index contributed by atoms with van der Waals surface area (Å²) in [6, 6.07) is 0. The zero-order valence-electron chi connectivity index (χ0n) is 11.5. The number of rotatable bonds is 2. The number of hydrogen-bond acceptors (Lipinski definition) is 2. The van der Waals surface area contributed by atoms with Crippen molar-refractivity contribution in [3.63, 3.8) is 0 Å². The fourth-order valence-electron chi connectivity index (χ4n) is 2.40. The lowest BCUT2D eigenvalue weighted by Crippen LogP contribution is -2.51. The Labute approximate surface area is 104 Å². The van der Waals surface area contributed by atoms with Crippen molar-refractivity contribution in [2.45, 2.75) is 59.1 Å². The molecule has 3 heteroatoms. The number of amides is 1. The maximum absolute atomic E-state index is 11.5. The van der Waals surface area contributed by atoms with Gasteiger partial charge in [0.05, 0.1) is 0 Å². The van der Waals surface area contributed by atoms with Gasteiger partial charge in [-0.25, -0.2) is 0 Å². The smallest absolute Gasteiger partial charge is 0.248 e. The Kier molecular flexibility index (Phi) is 4.03. The van der Waals surface area contributed by atoms with E-state index in [0.29, 0.717) is 24.3 Å². The molecule has 1 fully saturated rings. The standard InChI is InChI=1S/C14H25NO2/c1-10(2)12(16)15-14(17)8-6-11(7-9-14)13(3,4)5/h11,17H,1,6-9H2,2-5H3,(H,15,16). The third-order valence-electron chi connectivity index (χ3n) is 3.77. The van der Waals surface area contributed by atoms with Crippen molar-refractivity contribution < 1.29 is 9.90 Å². The number of carbonyl (C=O) groups excluding carboxylic acids is 1. The van der Waals surface area contributed by atoms with Crippen LogP contribution in [0.1, 0.15) is 53.4 Å². The minimum atomic E-state index is -1.03. The van der Waals surface area contributed by atoms with Gasteiger partial charge in [0, 0.05) is 5.57 Å². The highest BCUT2D eigenvalue weighted by molar-refractivity contribution is 5.92. The molecule has 0 spiro atoms. The fourth-order valence-corrected chi connectivity index (χ4v) is 2.40. The van der Waals surface area contributed by atoms with Crippen LogP contribution in [0, 0.1) is 11.3 Å². The van der Waals surface area contributed by atoms with E-state index in [2.05, 4.69) is 32.7 Å². The Hall–Kier alpha value is -0.830. The van der Waals surface area contributed by atoms with Gasteiger partial charge in [0.15, 0.2) is 0 Å². The highest BCUT2D eigenvalue weighted by Gasteiger charge is 2.38. The van der Waals surface area contributed by atoms with Crippen LogP contribution in [0.25, 0.3) is 0 Å². The van der Waals surface area contributed by atoms with E-state index in [1.54, 1.807) is 6.92 Å². The zero-order valence-corrected chi connectivity index (χ0v) is 11.5. The molecule has 0 heterocycles. The summed E-state index contributed by atoms with van der Waals surface area (Å²) in [5, 5.41) is 13.0. The van der Waals surface area contributed by atoms with Crippen molar-refractivity contribution in [3.8, 4) is 0 Å². The number of aliphatic hydroxyl groups is 1. The molecule has 0 atom stereocenters. The lowest BCUT2D eigenvalue weighted by Gasteiger charge is -2.41. The molecule has 0 aromatic carbocycles. The Bertz CT molecular complexity index is 307. The van der Waals surface area contributed by atoms with Gasteiger partial charge < -0.3 is 10.4 Å². The van der Waals surface area contributed by atoms with Crippen LogP contribution >= 0.6 is 0 Å². The van der Waals surface area contributed by atoms with Crippen LogP contribution in [0.2, 0.25) is 0 Å². The molecule has 0 radical (unpaired) electrons. The monoisotopic (exact) mass is 239 g/mol. The van der Waals surface area contributed by atoms with E-state index in [9.17, 15) is 9.90 Å². The van der Waals surface area contributed by atoms with Crippen LogP contribution < -0.4 is 5.32 Å². The predicted molar refractivity (Wildman–Crippen MR) is 69.3 cm³/mol. The summed E-state index contributed by atoms with van der Waals surface area (Å²) in [5.41, 5.74) is -0.311. The number of nitrogens with one attached hydrogen (secondary N) is 1. The second-order valence-corrected chi connectivity index (χ2v) is 6.41. The predicted octanol–water partition coefficient (Wildman–Crippen LogP) is 2.60. The molecule has 0 aromatic heterocycles. The first-order valence-corrected chi connectivity index (χ1v) is 6.34. The van der Waals surface area contributed by atoms with Crippen molar-refractivity contribution in [3.05, 3.63) is 12.2 Å². The molecule has 1 amide bonds. The van der Waals surface area contributed by atoms with E-state index in [4.69, 9.17) is 0 Å². The normalized spacial score (nSPS) is 29.8. The Morgan fingerprint density at radius 1 is 1.35 bits per heavy atom. The minimum Gasteiger partial charge on any atom is -0.371 e. The van der Waals surface area contributed by atoms with E-state index in [-0.39, 0.29) is 11.3 Å². The Balaban J connectivity index is 2.55. The lowest BCUT2D eigenvalue weighted by atomic mass is 9.70. The summed E-state index contributed by atoms with van der Waals surface area (Å²) in [7, 11) is 0. The van der Waals surface area contributed by atoms with Crippen LogP contribution in [0.4, 0.5) is 0 Å². The highest BCUT2D eigenvalue weighted by atomic mass is 16.3. The molecule has 2 N–H and O–H groups in total. The van der Waals surface area contributed by atoms with Gasteiger partial charge in [-0.2, -0.15) is 0 Å². The van der Waals surface area contributed by atoms with E-state index in [1.807, 2.05) is 0 Å². The minimum absolute atomic E-state index is 0.248. The van der Waals surface area contributed by atoms with Crippen LogP contribution in [0.15, 0.2) is 12.2 Å². The van der Waals surface area contributed by atoms with Crippen molar-refractivity contribution in [1.82, 2.24) is 5.32 Å². The second kappa shape index (κ2) is 4.81. The molecule has 0 aromatic rings.